The highest BCUT2D eigenvalue weighted by molar-refractivity contribution is 6.30. The predicted molar refractivity (Wildman–Crippen MR) is 105 cm³/mol. The summed E-state index contributed by atoms with van der Waals surface area (Å²) in [5, 5.41) is 9.59. The number of rotatable bonds is 7. The summed E-state index contributed by atoms with van der Waals surface area (Å²) in [7, 11) is 1.55. The molecule has 3 heterocycles. The molecule has 28 heavy (non-hydrogen) atoms. The number of imidazole rings is 1. The van der Waals surface area contributed by atoms with E-state index in [4.69, 9.17) is 21.4 Å². The highest BCUT2D eigenvalue weighted by Gasteiger charge is 2.22. The molecule has 0 radical (unpaired) electrons. The van der Waals surface area contributed by atoms with Crippen LogP contribution >= 0.6 is 11.6 Å². The molecule has 3 aromatic rings. The van der Waals surface area contributed by atoms with Gasteiger partial charge in [0.2, 0.25) is 0 Å². The zero-order valence-corrected chi connectivity index (χ0v) is 16.7. The first-order valence-electron chi connectivity index (χ1n) is 8.91. The van der Waals surface area contributed by atoms with Gasteiger partial charge in [-0.15, -0.1) is 0 Å². The first-order valence-corrected chi connectivity index (χ1v) is 9.29. The number of hydrogen-bond donors (Lipinski definition) is 1. The largest absolute Gasteiger partial charge is 0.462 e. The monoisotopic (exact) mass is 407 g/mol. The fourth-order valence-electron chi connectivity index (χ4n) is 2.89. The summed E-state index contributed by atoms with van der Waals surface area (Å²) in [4.78, 5) is 34.3. The Kier molecular flexibility index (Phi) is 5.85. The van der Waals surface area contributed by atoms with Crippen molar-refractivity contribution in [1.29, 1.82) is 0 Å². The van der Waals surface area contributed by atoms with Gasteiger partial charge in [-0.05, 0) is 32.4 Å². The molecule has 0 bridgehead atoms. The minimum atomic E-state index is -0.490. The first kappa shape index (κ1) is 20.1. The molecule has 10 heteroatoms. The van der Waals surface area contributed by atoms with Crippen molar-refractivity contribution >= 4 is 22.8 Å². The molecule has 0 fully saturated rings. The number of nitrogens with zero attached hydrogens (tertiary/aromatic N) is 5. The maximum atomic E-state index is 13.1. The molecule has 3 aromatic heterocycles. The van der Waals surface area contributed by atoms with Crippen LogP contribution in [0.3, 0.4) is 0 Å². The molecule has 0 aliphatic rings. The molecule has 9 nitrogen and oxygen atoms in total. The third kappa shape index (κ3) is 3.81. The van der Waals surface area contributed by atoms with Crippen molar-refractivity contribution in [3.8, 4) is 6.01 Å². The maximum Gasteiger partial charge on any atom is 0.332 e. The van der Waals surface area contributed by atoms with Crippen LogP contribution in [-0.4, -0.2) is 41.5 Å². The second-order valence-corrected chi connectivity index (χ2v) is 7.10. The van der Waals surface area contributed by atoms with Crippen molar-refractivity contribution in [2.24, 2.45) is 7.05 Å². The normalized spacial score (nSPS) is 11.5. The SMILES string of the molecule is CC(C)Oc1nc2c(c(=O)n(CCCO)c(=O)n2C)n1Cc1ccc(Cl)cn1. The summed E-state index contributed by atoms with van der Waals surface area (Å²) < 4.78 is 9.82. The number of aliphatic hydroxyl groups is 1. The van der Waals surface area contributed by atoms with Crippen LogP contribution in [0, 0.1) is 0 Å². The van der Waals surface area contributed by atoms with Crippen molar-refractivity contribution in [1.82, 2.24) is 23.7 Å². The lowest BCUT2D eigenvalue weighted by Gasteiger charge is -2.12. The van der Waals surface area contributed by atoms with Crippen molar-refractivity contribution < 1.29 is 9.84 Å². The van der Waals surface area contributed by atoms with Crippen molar-refractivity contribution in [2.75, 3.05) is 6.61 Å². The summed E-state index contributed by atoms with van der Waals surface area (Å²) >= 11 is 5.90. The Balaban J connectivity index is 2.25. The van der Waals surface area contributed by atoms with E-state index in [2.05, 4.69) is 9.97 Å². The van der Waals surface area contributed by atoms with Crippen LogP contribution in [0.15, 0.2) is 27.9 Å². The van der Waals surface area contributed by atoms with Gasteiger partial charge >= 0.3 is 5.69 Å². The number of aliphatic hydroxyl groups excluding tert-OH is 1. The lowest BCUT2D eigenvalue weighted by molar-refractivity contribution is 0.214. The summed E-state index contributed by atoms with van der Waals surface area (Å²) in [5.74, 6) is 0. The number of aromatic nitrogens is 5. The summed E-state index contributed by atoms with van der Waals surface area (Å²) in [6, 6.07) is 3.69. The molecular formula is C18H22ClN5O4. The van der Waals surface area contributed by atoms with E-state index in [1.54, 1.807) is 23.7 Å². The number of halogens is 1. The van der Waals surface area contributed by atoms with Crippen LogP contribution in [0.25, 0.3) is 11.2 Å². The molecule has 3 rings (SSSR count). The van der Waals surface area contributed by atoms with Gasteiger partial charge in [-0.1, -0.05) is 11.6 Å². The van der Waals surface area contributed by atoms with Gasteiger partial charge < -0.3 is 9.84 Å². The molecule has 0 spiro atoms. The zero-order valence-electron chi connectivity index (χ0n) is 15.9. The molecule has 0 amide bonds. The molecule has 0 aliphatic carbocycles. The summed E-state index contributed by atoms with van der Waals surface area (Å²) in [5.41, 5.74) is 0.169. The fraction of sp³-hybridized carbons (Fsp3) is 0.444. The van der Waals surface area contributed by atoms with Crippen LogP contribution in [0.5, 0.6) is 6.01 Å². The van der Waals surface area contributed by atoms with Crippen LogP contribution < -0.4 is 16.0 Å². The molecule has 150 valence electrons. The van der Waals surface area contributed by atoms with Crippen LogP contribution in [0.4, 0.5) is 0 Å². The van der Waals surface area contributed by atoms with E-state index in [1.165, 1.54) is 10.8 Å². The predicted octanol–water partition coefficient (Wildman–Crippen LogP) is 1.16. The zero-order chi connectivity index (χ0) is 20.4. The fourth-order valence-corrected chi connectivity index (χ4v) is 3.00. The molecule has 0 aliphatic heterocycles. The van der Waals surface area contributed by atoms with E-state index in [-0.39, 0.29) is 43.0 Å². The Hall–Kier alpha value is -2.65. The van der Waals surface area contributed by atoms with E-state index >= 15 is 0 Å². The van der Waals surface area contributed by atoms with E-state index < -0.39 is 11.2 Å². The first-order chi connectivity index (χ1) is 13.3. The molecule has 0 unspecified atom stereocenters. The third-order valence-corrected chi connectivity index (χ3v) is 4.41. The van der Waals surface area contributed by atoms with Gasteiger partial charge in [0, 0.05) is 26.4 Å². The number of hydrogen-bond acceptors (Lipinski definition) is 6. The Bertz CT molecular complexity index is 1100. The number of pyridine rings is 1. The highest BCUT2D eigenvalue weighted by atomic mass is 35.5. The van der Waals surface area contributed by atoms with Crippen molar-refractivity contribution in [2.45, 2.75) is 39.5 Å². The quantitative estimate of drug-likeness (QED) is 0.630. The second-order valence-electron chi connectivity index (χ2n) is 6.66. The molecule has 0 atom stereocenters. The molecule has 0 aromatic carbocycles. The van der Waals surface area contributed by atoms with Gasteiger partial charge in [0.1, 0.15) is 0 Å². The minimum absolute atomic E-state index is 0.114. The molecule has 0 saturated carbocycles. The Morgan fingerprint density at radius 1 is 1.25 bits per heavy atom. The minimum Gasteiger partial charge on any atom is -0.462 e. The average Bonchev–Trinajstić information content (AvgIpc) is 2.99. The Morgan fingerprint density at radius 2 is 2.00 bits per heavy atom. The Morgan fingerprint density at radius 3 is 2.61 bits per heavy atom. The van der Waals surface area contributed by atoms with E-state index in [1.807, 2.05) is 13.8 Å². The lowest BCUT2D eigenvalue weighted by Crippen LogP contribution is -2.40. The van der Waals surface area contributed by atoms with Gasteiger partial charge in [-0.2, -0.15) is 4.98 Å². The van der Waals surface area contributed by atoms with E-state index in [0.29, 0.717) is 17.1 Å². The molecule has 1 N–H and O–H groups in total. The second kappa shape index (κ2) is 8.15. The Labute approximate surface area is 165 Å². The number of fused-ring (bicyclic) bond motifs is 1. The third-order valence-electron chi connectivity index (χ3n) is 4.19. The van der Waals surface area contributed by atoms with Gasteiger partial charge in [-0.25, -0.2) is 4.79 Å². The maximum absolute atomic E-state index is 13.1. The number of ether oxygens (including phenoxy) is 1. The van der Waals surface area contributed by atoms with Crippen molar-refractivity contribution in [3.63, 3.8) is 0 Å². The topological polar surface area (TPSA) is 104 Å². The smallest absolute Gasteiger partial charge is 0.332 e. The van der Waals surface area contributed by atoms with E-state index in [9.17, 15) is 9.59 Å². The molecule has 0 saturated heterocycles. The standard InChI is InChI=1S/C18H22ClN5O4/c1-11(2)28-17-21-15-14(24(17)10-13-6-5-12(19)9-20-13)16(26)23(7-4-8-25)18(27)22(15)3/h5-6,9,11,25H,4,7-8,10H2,1-3H3. The van der Waals surface area contributed by atoms with Crippen LogP contribution in [-0.2, 0) is 20.1 Å². The van der Waals surface area contributed by atoms with Gasteiger partial charge in [-0.3, -0.25) is 23.5 Å². The summed E-state index contributed by atoms with van der Waals surface area (Å²) in [6.45, 7) is 3.92. The van der Waals surface area contributed by atoms with Gasteiger partial charge in [0.05, 0.1) is 23.4 Å². The van der Waals surface area contributed by atoms with Gasteiger partial charge in [0.25, 0.3) is 11.6 Å². The molecular weight excluding hydrogens is 386 g/mol. The number of aryl methyl sites for hydroxylation is 1. The van der Waals surface area contributed by atoms with Crippen LogP contribution in [0.1, 0.15) is 26.0 Å². The lowest BCUT2D eigenvalue weighted by atomic mass is 10.3. The van der Waals surface area contributed by atoms with Crippen LogP contribution in [0.2, 0.25) is 5.02 Å². The average molecular weight is 408 g/mol. The van der Waals surface area contributed by atoms with Crippen molar-refractivity contribution in [3.05, 3.63) is 49.9 Å². The van der Waals surface area contributed by atoms with Gasteiger partial charge in [0.15, 0.2) is 11.2 Å². The van der Waals surface area contributed by atoms with E-state index in [0.717, 1.165) is 4.57 Å². The highest BCUT2D eigenvalue weighted by Crippen LogP contribution is 2.20. The summed E-state index contributed by atoms with van der Waals surface area (Å²) in [6.07, 6.45) is 1.64.